The van der Waals surface area contributed by atoms with Crippen LogP contribution in [0.15, 0.2) is 9.59 Å². The van der Waals surface area contributed by atoms with Gasteiger partial charge in [-0.05, 0) is 50.7 Å². The lowest BCUT2D eigenvalue weighted by molar-refractivity contribution is -0.536. The van der Waals surface area contributed by atoms with Gasteiger partial charge in [0.25, 0.3) is 16.8 Å². The minimum Gasteiger partial charge on any atom is -0.851 e. The fraction of sp³-hybridized carbons (Fsp3) is 0.455. The van der Waals surface area contributed by atoms with Gasteiger partial charge in [0.05, 0.1) is 6.57 Å². The molecule has 32 heavy (non-hydrogen) atoms. The van der Waals surface area contributed by atoms with Gasteiger partial charge < -0.3 is 20.4 Å². The van der Waals surface area contributed by atoms with Crippen LogP contribution in [-0.4, -0.2) is 31.6 Å². The molecule has 0 radical (unpaired) electrons. The smallest absolute Gasteiger partial charge is 0.271 e. The second-order valence-electron chi connectivity index (χ2n) is 7.75. The molecule has 168 valence electrons. The molecule has 10 nitrogen and oxygen atoms in total. The lowest BCUT2D eigenvalue weighted by Gasteiger charge is -2.62. The third-order valence-electron chi connectivity index (χ3n) is 6.38. The summed E-state index contributed by atoms with van der Waals surface area (Å²) in [5, 5.41) is 57.2. The molecule has 1 saturated carbocycles. The number of nitriles is 1. The molecule has 3 rings (SSSR count). The Morgan fingerprint density at radius 1 is 0.969 bits per heavy atom. The van der Waals surface area contributed by atoms with E-state index in [4.69, 9.17) is 6.57 Å². The van der Waals surface area contributed by atoms with Crippen molar-refractivity contribution in [3.05, 3.63) is 59.9 Å². The maximum absolute atomic E-state index is 13.3. The van der Waals surface area contributed by atoms with E-state index < -0.39 is 46.9 Å². The third-order valence-corrected chi connectivity index (χ3v) is 6.38. The molecule has 0 amide bonds. The number of pyridine rings is 2. The van der Waals surface area contributed by atoms with Crippen LogP contribution in [0.4, 0.5) is 5.69 Å². The van der Waals surface area contributed by atoms with Gasteiger partial charge in [0, 0.05) is 24.2 Å². The van der Waals surface area contributed by atoms with Crippen molar-refractivity contribution >= 4 is 5.69 Å². The molecule has 0 spiro atoms. The van der Waals surface area contributed by atoms with E-state index in [-0.39, 0.29) is 46.6 Å². The van der Waals surface area contributed by atoms with E-state index in [0.29, 0.717) is 0 Å². The van der Waals surface area contributed by atoms with Gasteiger partial charge in [-0.3, -0.25) is 18.7 Å². The summed E-state index contributed by atoms with van der Waals surface area (Å²) in [5.74, 6) is -3.60. The molecular weight excluding hydrogens is 416 g/mol. The van der Waals surface area contributed by atoms with Gasteiger partial charge in [-0.15, -0.1) is 12.2 Å². The fourth-order valence-corrected chi connectivity index (χ4v) is 4.64. The second-order valence-corrected chi connectivity index (χ2v) is 7.75. The van der Waals surface area contributed by atoms with Crippen LogP contribution in [0.3, 0.4) is 0 Å². The van der Waals surface area contributed by atoms with Crippen LogP contribution in [0.1, 0.15) is 53.5 Å². The van der Waals surface area contributed by atoms with Crippen LogP contribution in [0.5, 0.6) is 11.8 Å². The number of aromatic nitrogens is 2. The Morgan fingerprint density at radius 3 is 1.81 bits per heavy atom. The average molecular weight is 438 g/mol. The van der Waals surface area contributed by atoms with E-state index in [2.05, 4.69) is 4.85 Å². The first-order valence-electron chi connectivity index (χ1n) is 10.1. The second kappa shape index (κ2) is 8.15. The van der Waals surface area contributed by atoms with Gasteiger partial charge in [0.15, 0.2) is 11.8 Å². The lowest BCUT2D eigenvalue weighted by Crippen LogP contribution is -2.64. The van der Waals surface area contributed by atoms with Crippen molar-refractivity contribution in [2.45, 2.75) is 64.8 Å². The van der Waals surface area contributed by atoms with Crippen molar-refractivity contribution in [1.82, 2.24) is 9.13 Å². The molecule has 2 N–H and O–H groups in total. The van der Waals surface area contributed by atoms with Crippen LogP contribution in [-0.2, 0) is 13.1 Å². The van der Waals surface area contributed by atoms with E-state index in [0.717, 1.165) is 9.13 Å². The van der Waals surface area contributed by atoms with Crippen LogP contribution >= 0.6 is 0 Å². The topological polar surface area (TPSA) is 159 Å². The molecule has 2 unspecified atom stereocenters. The Bertz CT molecular complexity index is 1200. The zero-order valence-electron chi connectivity index (χ0n) is 18.0. The fourth-order valence-electron chi connectivity index (χ4n) is 4.64. The minimum atomic E-state index is -1.64. The summed E-state index contributed by atoms with van der Waals surface area (Å²) in [6, 6.07) is 1.78. The summed E-state index contributed by atoms with van der Waals surface area (Å²) < 4.78 is 1.88. The minimum absolute atomic E-state index is 0.0333. The van der Waals surface area contributed by atoms with Crippen molar-refractivity contribution in [2.24, 2.45) is 0 Å². The Kier molecular flexibility index (Phi) is 5.88. The normalized spacial score (nSPS) is 22.1. The predicted octanol–water partition coefficient (Wildman–Crippen LogP) is -0.161. The molecule has 1 aliphatic carbocycles. The van der Waals surface area contributed by atoms with Gasteiger partial charge >= 0.3 is 0 Å². The summed E-state index contributed by atoms with van der Waals surface area (Å²) in [7, 11) is 0. The SMILES string of the molecule is [C-]#[N+]c1c(C)c(C2C([O-])C(c3c(C)c(C#N)c(=O)n(CC)c3O)C2[O-])c(O)n(CC)c1=O. The standard InChI is InChI=1S/C22H22N4O6/c1-6-25-19(29)11(8-23)9(3)12(20(25)30)14-17(27)15(18(14)28)13-10(4)16(24-5)22(32)26(7-2)21(13)31/h14-15,17-18,30-31H,6-7H2,1-4H3/q-2. The molecule has 0 saturated heterocycles. The van der Waals surface area contributed by atoms with E-state index in [1.165, 1.54) is 13.8 Å². The van der Waals surface area contributed by atoms with Crippen molar-refractivity contribution in [1.29, 1.82) is 5.26 Å². The first kappa shape index (κ1) is 23.1. The maximum atomic E-state index is 13.3. The summed E-state index contributed by atoms with van der Waals surface area (Å²) in [6.07, 6.45) is -3.27. The van der Waals surface area contributed by atoms with Crippen molar-refractivity contribution < 1.29 is 20.4 Å². The molecular formula is C22H22N4O6-2. The molecule has 2 aromatic rings. The van der Waals surface area contributed by atoms with Crippen molar-refractivity contribution in [3.8, 4) is 17.8 Å². The highest BCUT2D eigenvalue weighted by molar-refractivity contribution is 5.60. The Labute approximate surface area is 183 Å². The predicted molar refractivity (Wildman–Crippen MR) is 110 cm³/mol. The van der Waals surface area contributed by atoms with E-state index in [1.807, 2.05) is 0 Å². The Balaban J connectivity index is 2.21. The summed E-state index contributed by atoms with van der Waals surface area (Å²) in [5.41, 5.74) is -1.88. The molecule has 0 aliphatic heterocycles. The van der Waals surface area contributed by atoms with Gasteiger partial charge in [-0.1, -0.05) is 0 Å². The first-order valence-corrected chi connectivity index (χ1v) is 10.1. The van der Waals surface area contributed by atoms with Crippen LogP contribution in [0.25, 0.3) is 4.85 Å². The zero-order valence-corrected chi connectivity index (χ0v) is 18.0. The zero-order chi connectivity index (χ0) is 24.1. The van der Waals surface area contributed by atoms with E-state index >= 15 is 0 Å². The number of nitrogens with zero attached hydrogens (tertiary/aromatic N) is 4. The quantitative estimate of drug-likeness (QED) is 0.627. The highest BCUT2D eigenvalue weighted by Gasteiger charge is 2.44. The first-order chi connectivity index (χ1) is 15.1. The van der Waals surface area contributed by atoms with Crippen molar-refractivity contribution in [3.63, 3.8) is 0 Å². The van der Waals surface area contributed by atoms with Crippen LogP contribution in [0, 0.1) is 31.8 Å². The largest absolute Gasteiger partial charge is 0.851 e. The van der Waals surface area contributed by atoms with Crippen LogP contribution < -0.4 is 21.3 Å². The number of aromatic hydroxyl groups is 2. The monoisotopic (exact) mass is 438 g/mol. The molecule has 10 heteroatoms. The third kappa shape index (κ3) is 2.92. The average Bonchev–Trinajstić information content (AvgIpc) is 2.75. The Morgan fingerprint density at radius 2 is 1.41 bits per heavy atom. The number of rotatable bonds is 4. The molecule has 2 heterocycles. The summed E-state index contributed by atoms with van der Waals surface area (Å²) >= 11 is 0. The number of hydrogen-bond acceptors (Lipinski definition) is 7. The molecule has 2 atom stereocenters. The van der Waals surface area contributed by atoms with E-state index in [1.54, 1.807) is 19.9 Å². The van der Waals surface area contributed by atoms with Crippen LogP contribution in [0.2, 0.25) is 0 Å². The van der Waals surface area contributed by atoms with Crippen molar-refractivity contribution in [2.75, 3.05) is 0 Å². The highest BCUT2D eigenvalue weighted by atomic mass is 16.3. The van der Waals surface area contributed by atoms with E-state index in [9.17, 15) is 35.3 Å². The molecule has 1 aliphatic rings. The maximum Gasteiger partial charge on any atom is 0.271 e. The summed E-state index contributed by atoms with van der Waals surface area (Å²) in [6.45, 7) is 13.3. The lowest BCUT2D eigenvalue weighted by atomic mass is 9.62. The molecule has 0 aromatic carbocycles. The molecule has 0 bridgehead atoms. The summed E-state index contributed by atoms with van der Waals surface area (Å²) in [4.78, 5) is 28.0. The van der Waals surface area contributed by atoms with Gasteiger partial charge in [0.2, 0.25) is 0 Å². The van der Waals surface area contributed by atoms with Gasteiger partial charge in [-0.2, -0.15) is 5.26 Å². The van der Waals surface area contributed by atoms with Gasteiger partial charge in [-0.25, -0.2) is 4.85 Å². The Hall–Kier alpha value is -3.60. The van der Waals surface area contributed by atoms with Gasteiger partial charge in [0.1, 0.15) is 11.6 Å². The molecule has 1 fully saturated rings. The molecule has 2 aromatic heterocycles. The number of hydrogen-bond donors (Lipinski definition) is 2. The highest BCUT2D eigenvalue weighted by Crippen LogP contribution is 2.51.